The lowest BCUT2D eigenvalue weighted by atomic mass is 10.1. The summed E-state index contributed by atoms with van der Waals surface area (Å²) in [7, 11) is 1.41. The number of amides is 1. The highest BCUT2D eigenvalue weighted by Gasteiger charge is 2.37. The Bertz CT molecular complexity index is 1040. The van der Waals surface area contributed by atoms with Gasteiger partial charge in [0.05, 0.1) is 20.3 Å². The van der Waals surface area contributed by atoms with Gasteiger partial charge in [0.15, 0.2) is 16.6 Å². The molecular weight excluding hydrogens is 520 g/mol. The number of nitrogens with zero attached hydrogens (tertiary/aromatic N) is 2. The third kappa shape index (κ3) is 10.0. The number of thioether (sulfide) groups is 1. The quantitative estimate of drug-likeness (QED) is 0.0836. The van der Waals surface area contributed by atoms with Gasteiger partial charge < -0.3 is 23.9 Å². The van der Waals surface area contributed by atoms with Gasteiger partial charge in [-0.2, -0.15) is 0 Å². The SMILES string of the molecule is COc1cc(/C=C/C(=O)OCCCCO[N+](=O)[O-])ccc1OC(=O)[C@@H]1CCCN1C(=O)[C@H](C)CSC(C)=O. The molecule has 1 aliphatic rings. The van der Waals surface area contributed by atoms with Crippen molar-refractivity contribution >= 4 is 40.8 Å². The van der Waals surface area contributed by atoms with Crippen LogP contribution in [-0.2, 0) is 28.8 Å². The molecule has 1 aromatic carbocycles. The highest BCUT2D eigenvalue weighted by atomic mass is 32.2. The number of benzene rings is 1. The number of rotatable bonds is 14. The number of hydrogen-bond donors (Lipinski definition) is 0. The average molecular weight is 553 g/mol. The second-order valence-electron chi connectivity index (χ2n) is 8.49. The van der Waals surface area contributed by atoms with E-state index in [1.807, 2.05) is 0 Å². The van der Waals surface area contributed by atoms with Gasteiger partial charge >= 0.3 is 11.9 Å². The molecule has 0 spiro atoms. The molecule has 0 radical (unpaired) electrons. The molecule has 12 nitrogen and oxygen atoms in total. The molecule has 2 atom stereocenters. The third-order valence-electron chi connectivity index (χ3n) is 5.56. The van der Waals surface area contributed by atoms with Gasteiger partial charge in [-0.15, -0.1) is 10.1 Å². The lowest BCUT2D eigenvalue weighted by Gasteiger charge is -2.26. The molecule has 13 heteroatoms. The van der Waals surface area contributed by atoms with Crippen LogP contribution in [0.25, 0.3) is 6.08 Å². The Morgan fingerprint density at radius 2 is 1.95 bits per heavy atom. The Hall–Kier alpha value is -3.61. The van der Waals surface area contributed by atoms with Crippen LogP contribution in [0.4, 0.5) is 0 Å². The molecule has 0 aliphatic carbocycles. The van der Waals surface area contributed by atoms with E-state index in [9.17, 15) is 29.3 Å². The van der Waals surface area contributed by atoms with Gasteiger partial charge in [-0.25, -0.2) is 9.59 Å². The topological polar surface area (TPSA) is 152 Å². The van der Waals surface area contributed by atoms with Gasteiger partial charge in [-0.05, 0) is 49.5 Å². The smallest absolute Gasteiger partial charge is 0.334 e. The van der Waals surface area contributed by atoms with Crippen molar-refractivity contribution in [2.75, 3.05) is 32.6 Å². The van der Waals surface area contributed by atoms with Gasteiger partial charge in [0.25, 0.3) is 5.09 Å². The summed E-state index contributed by atoms with van der Waals surface area (Å²) in [6.45, 7) is 3.65. The molecule has 0 unspecified atom stereocenters. The fourth-order valence-electron chi connectivity index (χ4n) is 3.65. The number of methoxy groups -OCH3 is 1. The van der Waals surface area contributed by atoms with Crippen molar-refractivity contribution in [2.24, 2.45) is 5.92 Å². The maximum Gasteiger partial charge on any atom is 0.334 e. The Morgan fingerprint density at radius 1 is 1.21 bits per heavy atom. The Morgan fingerprint density at radius 3 is 2.63 bits per heavy atom. The fraction of sp³-hybridized carbons (Fsp3) is 0.520. The third-order valence-corrected chi connectivity index (χ3v) is 6.63. The summed E-state index contributed by atoms with van der Waals surface area (Å²) in [5.41, 5.74) is 0.590. The first-order valence-electron chi connectivity index (χ1n) is 12.1. The van der Waals surface area contributed by atoms with E-state index in [2.05, 4.69) is 4.84 Å². The van der Waals surface area contributed by atoms with E-state index in [4.69, 9.17) is 14.2 Å². The average Bonchev–Trinajstić information content (AvgIpc) is 3.38. The van der Waals surface area contributed by atoms with Crippen molar-refractivity contribution in [3.8, 4) is 11.5 Å². The molecule has 0 N–H and O–H groups in total. The largest absolute Gasteiger partial charge is 0.493 e. The second-order valence-corrected chi connectivity index (χ2v) is 9.69. The molecule has 38 heavy (non-hydrogen) atoms. The van der Waals surface area contributed by atoms with Crippen LogP contribution in [0.1, 0.15) is 45.1 Å². The zero-order valence-electron chi connectivity index (χ0n) is 21.6. The van der Waals surface area contributed by atoms with Gasteiger partial charge in [0.2, 0.25) is 5.91 Å². The van der Waals surface area contributed by atoms with E-state index in [-0.39, 0.29) is 35.7 Å². The number of unbranched alkanes of at least 4 members (excludes halogenated alkanes) is 1. The van der Waals surface area contributed by atoms with Crippen LogP contribution in [0, 0.1) is 16.0 Å². The number of carbonyl (C=O) groups excluding carboxylic acids is 4. The summed E-state index contributed by atoms with van der Waals surface area (Å²) < 4.78 is 15.9. The summed E-state index contributed by atoms with van der Waals surface area (Å²) >= 11 is 1.08. The van der Waals surface area contributed by atoms with Crippen LogP contribution < -0.4 is 9.47 Å². The van der Waals surface area contributed by atoms with Gasteiger partial charge in [-0.1, -0.05) is 24.8 Å². The Labute approximate surface area is 224 Å². The minimum atomic E-state index is -0.875. The van der Waals surface area contributed by atoms with E-state index in [0.717, 1.165) is 11.8 Å². The lowest BCUT2D eigenvalue weighted by Crippen LogP contribution is -2.45. The normalized spacial score (nSPS) is 15.7. The molecule has 1 aliphatic heterocycles. The van der Waals surface area contributed by atoms with Crippen LogP contribution in [0.3, 0.4) is 0 Å². The minimum Gasteiger partial charge on any atom is -0.493 e. The monoisotopic (exact) mass is 552 g/mol. The number of likely N-dealkylation sites (tertiary alicyclic amines) is 1. The molecule has 208 valence electrons. The van der Waals surface area contributed by atoms with Crippen molar-refractivity contribution in [1.29, 1.82) is 0 Å². The van der Waals surface area contributed by atoms with Crippen molar-refractivity contribution < 1.29 is 43.3 Å². The number of carbonyl (C=O) groups is 4. The van der Waals surface area contributed by atoms with E-state index in [1.54, 1.807) is 19.1 Å². The van der Waals surface area contributed by atoms with Crippen LogP contribution >= 0.6 is 11.8 Å². The summed E-state index contributed by atoms with van der Waals surface area (Å²) in [5.74, 6) is -0.973. The summed E-state index contributed by atoms with van der Waals surface area (Å²) in [6, 6.07) is 4.02. The van der Waals surface area contributed by atoms with Crippen LogP contribution in [0.2, 0.25) is 0 Å². The highest BCUT2D eigenvalue weighted by molar-refractivity contribution is 8.13. The molecule has 0 saturated carbocycles. The molecule has 1 aromatic rings. The van der Waals surface area contributed by atoms with E-state index in [1.165, 1.54) is 37.2 Å². The van der Waals surface area contributed by atoms with E-state index >= 15 is 0 Å². The zero-order valence-corrected chi connectivity index (χ0v) is 22.4. The predicted molar refractivity (Wildman–Crippen MR) is 138 cm³/mol. The van der Waals surface area contributed by atoms with Crippen molar-refractivity contribution in [3.63, 3.8) is 0 Å². The maximum absolute atomic E-state index is 12.9. The predicted octanol–water partition coefficient (Wildman–Crippen LogP) is 3.05. The molecule has 2 rings (SSSR count). The summed E-state index contributed by atoms with van der Waals surface area (Å²) in [4.78, 5) is 64.6. The standard InChI is InChI=1S/C25H32N2O10S/c1-17(16-38-18(2)28)24(30)26-12-6-7-20(26)25(31)37-21-10-8-19(15-22(21)34-3)9-11-23(29)35-13-4-5-14-36-27(32)33/h8-11,15,17,20H,4-7,12-14,16H2,1-3H3/b11-9+/t17-,20+/m1/s1. The highest BCUT2D eigenvalue weighted by Crippen LogP contribution is 2.30. The summed E-state index contributed by atoms with van der Waals surface area (Å²) in [5, 5.41) is 9.13. The molecule has 1 heterocycles. The Kier molecular flexibility index (Phi) is 12.6. The van der Waals surface area contributed by atoms with E-state index in [0.29, 0.717) is 43.5 Å². The van der Waals surface area contributed by atoms with Gasteiger partial charge in [0, 0.05) is 31.2 Å². The van der Waals surface area contributed by atoms with Crippen LogP contribution in [0.15, 0.2) is 24.3 Å². The Balaban J connectivity index is 1.92. The second kappa shape index (κ2) is 15.6. The fourth-order valence-corrected chi connectivity index (χ4v) is 4.28. The zero-order chi connectivity index (χ0) is 28.1. The molecule has 1 amide bonds. The molecule has 0 bridgehead atoms. The number of hydrogen-bond acceptors (Lipinski definition) is 11. The van der Waals surface area contributed by atoms with Crippen LogP contribution in [0.5, 0.6) is 11.5 Å². The number of ether oxygens (including phenoxy) is 3. The summed E-state index contributed by atoms with van der Waals surface area (Å²) in [6.07, 6.45) is 4.67. The van der Waals surface area contributed by atoms with Gasteiger partial charge in [0.1, 0.15) is 6.04 Å². The van der Waals surface area contributed by atoms with E-state index < -0.39 is 29.0 Å². The van der Waals surface area contributed by atoms with Crippen molar-refractivity contribution in [1.82, 2.24) is 4.90 Å². The first-order valence-corrected chi connectivity index (χ1v) is 13.1. The maximum atomic E-state index is 12.9. The van der Waals surface area contributed by atoms with Gasteiger partial charge in [-0.3, -0.25) is 9.59 Å². The lowest BCUT2D eigenvalue weighted by molar-refractivity contribution is -0.757. The molecule has 1 saturated heterocycles. The molecular formula is C25H32N2O10S. The first-order chi connectivity index (χ1) is 18.1. The van der Waals surface area contributed by atoms with Crippen LogP contribution in [-0.4, -0.2) is 71.6 Å². The van der Waals surface area contributed by atoms with Crippen molar-refractivity contribution in [2.45, 2.75) is 45.6 Å². The molecule has 1 fully saturated rings. The number of esters is 2. The molecule has 0 aromatic heterocycles. The van der Waals surface area contributed by atoms with Crippen molar-refractivity contribution in [3.05, 3.63) is 40.0 Å². The minimum absolute atomic E-state index is 0.0639. The first kappa shape index (κ1) is 30.6.